The minimum absolute atomic E-state index is 0.386. The lowest BCUT2D eigenvalue weighted by molar-refractivity contribution is 0.642. The molecule has 0 amide bonds. The van der Waals surface area contributed by atoms with E-state index in [0.29, 0.717) is 6.54 Å². The van der Waals surface area contributed by atoms with Crippen LogP contribution in [-0.2, 0) is 6.54 Å². The Labute approximate surface area is 79.6 Å². The molecule has 1 heterocycles. The van der Waals surface area contributed by atoms with Crippen LogP contribution in [0.2, 0.25) is 0 Å². The normalized spacial score (nSPS) is 9.85. The van der Waals surface area contributed by atoms with Crippen molar-refractivity contribution in [1.29, 1.82) is 0 Å². The maximum Gasteiger partial charge on any atom is 0.353 e. The zero-order valence-electron chi connectivity index (χ0n) is 7.32. The van der Waals surface area contributed by atoms with Crippen molar-refractivity contribution in [1.82, 2.24) is 8.52 Å². The summed E-state index contributed by atoms with van der Waals surface area (Å²) in [6, 6.07) is 2.04. The summed E-state index contributed by atoms with van der Waals surface area (Å²) in [5.74, 6) is 0. The SMILES string of the molecule is C#Cn1c(=O)sn(CCCC)c1=O. The summed E-state index contributed by atoms with van der Waals surface area (Å²) in [5.41, 5.74) is -0.397. The van der Waals surface area contributed by atoms with Crippen LogP contribution in [0, 0.1) is 12.5 Å². The fraction of sp³-hybridized carbons (Fsp3) is 0.500. The highest BCUT2D eigenvalue weighted by molar-refractivity contribution is 7.03. The Balaban J connectivity index is 3.07. The molecule has 1 aromatic heterocycles. The molecule has 0 aromatic carbocycles. The Kier molecular flexibility index (Phi) is 3.09. The van der Waals surface area contributed by atoms with Crippen LogP contribution in [0.1, 0.15) is 19.8 Å². The summed E-state index contributed by atoms with van der Waals surface area (Å²) in [7, 11) is 0. The molecule has 0 N–H and O–H groups in total. The van der Waals surface area contributed by atoms with Crippen LogP contribution in [0.25, 0.3) is 0 Å². The largest absolute Gasteiger partial charge is 0.353 e. The minimum atomic E-state index is -0.397. The number of hydrogen-bond acceptors (Lipinski definition) is 3. The number of aromatic nitrogens is 2. The van der Waals surface area contributed by atoms with Gasteiger partial charge in [0.05, 0.1) is 0 Å². The van der Waals surface area contributed by atoms with Gasteiger partial charge in [-0.25, -0.2) is 8.75 Å². The van der Waals surface area contributed by atoms with E-state index in [2.05, 4.69) is 0 Å². The highest BCUT2D eigenvalue weighted by Gasteiger charge is 2.06. The van der Waals surface area contributed by atoms with Crippen LogP contribution in [-0.4, -0.2) is 8.52 Å². The quantitative estimate of drug-likeness (QED) is 0.656. The van der Waals surface area contributed by atoms with E-state index in [0.717, 1.165) is 28.9 Å². The maximum atomic E-state index is 11.3. The van der Waals surface area contributed by atoms with Gasteiger partial charge < -0.3 is 0 Å². The summed E-state index contributed by atoms with van der Waals surface area (Å²) in [5, 5.41) is 0. The predicted molar refractivity (Wildman–Crippen MR) is 52.0 cm³/mol. The van der Waals surface area contributed by atoms with Crippen LogP contribution in [0.3, 0.4) is 0 Å². The van der Waals surface area contributed by atoms with Crippen LogP contribution in [0.4, 0.5) is 0 Å². The second-order valence-electron chi connectivity index (χ2n) is 2.56. The highest BCUT2D eigenvalue weighted by Crippen LogP contribution is 1.93. The highest BCUT2D eigenvalue weighted by atomic mass is 32.1. The van der Waals surface area contributed by atoms with Crippen molar-refractivity contribution < 1.29 is 0 Å². The van der Waals surface area contributed by atoms with Gasteiger partial charge in [0, 0.05) is 24.1 Å². The molecule has 0 bridgehead atoms. The summed E-state index contributed by atoms with van der Waals surface area (Å²) >= 11 is 0.875. The van der Waals surface area contributed by atoms with E-state index in [9.17, 15) is 9.59 Å². The second-order valence-corrected chi connectivity index (χ2v) is 3.53. The first-order valence-corrected chi connectivity index (χ1v) is 4.77. The Hall–Kier alpha value is -1.28. The molecule has 4 nitrogen and oxygen atoms in total. The number of rotatable bonds is 3. The molecule has 0 saturated carbocycles. The van der Waals surface area contributed by atoms with Gasteiger partial charge in [-0.1, -0.05) is 19.8 Å². The van der Waals surface area contributed by atoms with E-state index < -0.39 is 5.69 Å². The summed E-state index contributed by atoms with van der Waals surface area (Å²) in [6.45, 7) is 2.59. The lowest BCUT2D eigenvalue weighted by Crippen LogP contribution is -2.25. The standard InChI is InChI=1S/C8H10N2O2S/c1-3-5-6-10-7(11)9(4-2)8(12)13-10/h2H,3,5-6H2,1H3. The average Bonchev–Trinajstić information content (AvgIpc) is 2.38. The fourth-order valence-corrected chi connectivity index (χ4v) is 1.70. The topological polar surface area (TPSA) is 44.0 Å². The average molecular weight is 198 g/mol. The number of terminal acetylenes is 1. The third-order valence-corrected chi connectivity index (χ3v) is 2.52. The van der Waals surface area contributed by atoms with Gasteiger partial charge >= 0.3 is 10.6 Å². The molecule has 0 atom stereocenters. The van der Waals surface area contributed by atoms with E-state index in [1.54, 1.807) is 0 Å². The molecule has 0 spiro atoms. The molecule has 0 radical (unpaired) electrons. The Morgan fingerprint density at radius 2 is 2.23 bits per heavy atom. The number of unbranched alkanes of at least 4 members (excludes halogenated alkanes) is 1. The summed E-state index contributed by atoms with van der Waals surface area (Å²) in [6.07, 6.45) is 6.86. The van der Waals surface area contributed by atoms with Crippen molar-refractivity contribution in [2.45, 2.75) is 26.3 Å². The fourth-order valence-electron chi connectivity index (χ4n) is 0.915. The van der Waals surface area contributed by atoms with Gasteiger partial charge in [-0.15, -0.1) is 0 Å². The third-order valence-electron chi connectivity index (χ3n) is 1.62. The molecule has 0 aliphatic rings. The van der Waals surface area contributed by atoms with Crippen molar-refractivity contribution in [3.63, 3.8) is 0 Å². The molecule has 0 fully saturated rings. The zero-order valence-corrected chi connectivity index (χ0v) is 8.13. The molecular formula is C8H10N2O2S. The van der Waals surface area contributed by atoms with Crippen LogP contribution < -0.4 is 10.6 Å². The molecule has 70 valence electrons. The maximum absolute atomic E-state index is 11.3. The number of nitrogens with zero attached hydrogens (tertiary/aromatic N) is 2. The van der Waals surface area contributed by atoms with Gasteiger partial charge in [0.15, 0.2) is 0 Å². The first kappa shape index (κ1) is 9.81. The summed E-state index contributed by atoms with van der Waals surface area (Å²) in [4.78, 5) is 22.0. The Morgan fingerprint density at radius 3 is 2.69 bits per heavy atom. The van der Waals surface area contributed by atoms with Gasteiger partial charge in [-0.2, -0.15) is 4.57 Å². The van der Waals surface area contributed by atoms with Crippen LogP contribution in [0.15, 0.2) is 9.59 Å². The predicted octanol–water partition coefficient (Wildman–Crippen LogP) is 0.310. The van der Waals surface area contributed by atoms with Crippen molar-refractivity contribution in [2.75, 3.05) is 0 Å². The molecule has 0 unspecified atom stereocenters. The third kappa shape index (κ3) is 1.90. The summed E-state index contributed by atoms with van der Waals surface area (Å²) < 4.78 is 2.19. The second kappa shape index (κ2) is 4.10. The van der Waals surface area contributed by atoms with Crippen LogP contribution >= 0.6 is 11.5 Å². The lowest BCUT2D eigenvalue weighted by Gasteiger charge is -1.94. The van der Waals surface area contributed by atoms with Crippen molar-refractivity contribution in [3.05, 3.63) is 20.2 Å². The van der Waals surface area contributed by atoms with Gasteiger partial charge in [0.1, 0.15) is 0 Å². The molecule has 1 rings (SSSR count). The minimum Gasteiger partial charge on any atom is -0.254 e. The van der Waals surface area contributed by atoms with Crippen molar-refractivity contribution >= 4 is 11.5 Å². The zero-order chi connectivity index (χ0) is 9.84. The van der Waals surface area contributed by atoms with Gasteiger partial charge in [-0.05, 0) is 6.42 Å². The molecule has 5 heteroatoms. The molecular weight excluding hydrogens is 188 g/mol. The Morgan fingerprint density at radius 1 is 1.54 bits per heavy atom. The van der Waals surface area contributed by atoms with Crippen LogP contribution in [0.5, 0.6) is 0 Å². The first-order valence-electron chi connectivity index (χ1n) is 4.00. The smallest absolute Gasteiger partial charge is 0.254 e. The van der Waals surface area contributed by atoms with Gasteiger partial charge in [0.2, 0.25) is 0 Å². The van der Waals surface area contributed by atoms with E-state index in [1.807, 2.05) is 13.0 Å². The van der Waals surface area contributed by atoms with Gasteiger partial charge in [0.25, 0.3) is 0 Å². The molecule has 1 aromatic rings. The molecule has 0 aliphatic heterocycles. The number of aryl methyl sites for hydroxylation is 1. The first-order chi connectivity index (χ1) is 6.20. The van der Waals surface area contributed by atoms with E-state index in [4.69, 9.17) is 6.42 Å². The van der Waals surface area contributed by atoms with E-state index >= 15 is 0 Å². The molecule has 0 aliphatic carbocycles. The molecule has 13 heavy (non-hydrogen) atoms. The van der Waals surface area contributed by atoms with E-state index in [-0.39, 0.29) is 4.87 Å². The van der Waals surface area contributed by atoms with Crippen molar-refractivity contribution in [2.24, 2.45) is 0 Å². The lowest BCUT2D eigenvalue weighted by atomic mass is 10.3. The number of hydrogen-bond donors (Lipinski definition) is 0. The van der Waals surface area contributed by atoms with E-state index in [1.165, 1.54) is 3.96 Å². The molecule has 0 saturated heterocycles. The van der Waals surface area contributed by atoms with Gasteiger partial charge in [-0.3, -0.25) is 4.79 Å². The Bertz CT molecular complexity index is 432. The monoisotopic (exact) mass is 198 g/mol. The van der Waals surface area contributed by atoms with Crippen molar-refractivity contribution in [3.8, 4) is 12.5 Å².